The number of hydrogen-bond donors (Lipinski definition) is 2. The molecule has 4 aromatic carbocycles. The van der Waals surface area contributed by atoms with E-state index in [1.165, 1.54) is 4.90 Å². The summed E-state index contributed by atoms with van der Waals surface area (Å²) < 4.78 is 32.1. The molecule has 47 heavy (non-hydrogen) atoms. The number of aromatic amines is 1. The van der Waals surface area contributed by atoms with E-state index in [-0.39, 0.29) is 35.2 Å². The van der Waals surface area contributed by atoms with E-state index in [1.807, 2.05) is 98.8 Å². The van der Waals surface area contributed by atoms with Gasteiger partial charge in [-0.05, 0) is 31.6 Å². The van der Waals surface area contributed by atoms with Gasteiger partial charge in [-0.15, -0.1) is 10.2 Å². The first-order valence-electron chi connectivity index (χ1n) is 15.3. The van der Waals surface area contributed by atoms with Gasteiger partial charge in [0.05, 0.1) is 16.9 Å². The smallest absolute Gasteiger partial charge is 0.262 e. The molecule has 10 heteroatoms. The zero-order valence-corrected chi connectivity index (χ0v) is 25.6. The zero-order valence-electron chi connectivity index (χ0n) is 25.6. The molecule has 2 aromatic heterocycles. The van der Waals surface area contributed by atoms with Crippen molar-refractivity contribution in [2.45, 2.75) is 32.4 Å². The van der Waals surface area contributed by atoms with Gasteiger partial charge in [0.1, 0.15) is 6.04 Å². The first-order chi connectivity index (χ1) is 22.8. The molecule has 3 heterocycles. The number of nitrogens with zero attached hydrogens (tertiary/aromatic N) is 4. The van der Waals surface area contributed by atoms with Crippen LogP contribution in [-0.4, -0.2) is 43.6 Å². The van der Waals surface area contributed by atoms with Gasteiger partial charge in [0.25, 0.3) is 5.91 Å². The Balaban J connectivity index is 1.53. The number of carbonyl (C=O) groups excluding carboxylic acids is 2. The highest BCUT2D eigenvalue weighted by Gasteiger charge is 2.40. The highest BCUT2D eigenvalue weighted by atomic mass is 19.2. The van der Waals surface area contributed by atoms with Crippen molar-refractivity contribution < 1.29 is 18.4 Å². The Morgan fingerprint density at radius 3 is 2.23 bits per heavy atom. The van der Waals surface area contributed by atoms with Crippen molar-refractivity contribution in [2.24, 2.45) is 0 Å². The second kappa shape index (κ2) is 12.1. The lowest BCUT2D eigenvalue weighted by molar-refractivity contribution is -0.125. The minimum Gasteiger partial charge on any atom is -0.361 e. The Morgan fingerprint density at radius 1 is 0.872 bits per heavy atom. The van der Waals surface area contributed by atoms with Crippen LogP contribution in [0.4, 0.5) is 14.5 Å². The molecule has 0 fully saturated rings. The molecule has 0 aliphatic carbocycles. The normalized spacial score (nSPS) is 14.3. The van der Waals surface area contributed by atoms with E-state index in [4.69, 9.17) is 0 Å². The molecular weight excluding hydrogens is 598 g/mol. The molecule has 8 nitrogen and oxygen atoms in total. The van der Waals surface area contributed by atoms with Crippen molar-refractivity contribution in [2.75, 3.05) is 4.90 Å². The maximum atomic E-state index is 15.3. The van der Waals surface area contributed by atoms with Crippen molar-refractivity contribution in [1.82, 2.24) is 25.1 Å². The summed E-state index contributed by atoms with van der Waals surface area (Å²) in [7, 11) is 0. The highest BCUT2D eigenvalue weighted by Crippen LogP contribution is 2.40. The van der Waals surface area contributed by atoms with Crippen LogP contribution in [0.15, 0.2) is 103 Å². The Kier molecular flexibility index (Phi) is 7.69. The molecule has 1 aliphatic heterocycles. The van der Waals surface area contributed by atoms with E-state index in [1.54, 1.807) is 16.8 Å². The molecule has 7 rings (SSSR count). The van der Waals surface area contributed by atoms with E-state index in [0.717, 1.165) is 28.6 Å². The molecule has 0 saturated heterocycles. The van der Waals surface area contributed by atoms with Crippen LogP contribution in [0.3, 0.4) is 0 Å². The van der Waals surface area contributed by atoms with Crippen LogP contribution >= 0.6 is 0 Å². The number of halogens is 2. The predicted molar refractivity (Wildman–Crippen MR) is 178 cm³/mol. The fraction of sp³-hybridized carbons (Fsp3) is 0.135. The first-order valence-corrected chi connectivity index (χ1v) is 15.3. The van der Waals surface area contributed by atoms with Crippen molar-refractivity contribution in [3.63, 3.8) is 0 Å². The Morgan fingerprint density at radius 2 is 1.51 bits per heavy atom. The monoisotopic (exact) mass is 628 g/mol. The van der Waals surface area contributed by atoms with E-state index in [0.29, 0.717) is 17.0 Å². The van der Waals surface area contributed by atoms with Crippen molar-refractivity contribution in [3.8, 4) is 17.1 Å². The molecule has 1 unspecified atom stereocenters. The number of carbonyl (C=O) groups is 2. The predicted octanol–water partition coefficient (Wildman–Crippen LogP) is 6.72. The molecule has 0 spiro atoms. The maximum Gasteiger partial charge on any atom is 0.262 e. The third-order valence-electron chi connectivity index (χ3n) is 8.14. The van der Waals surface area contributed by atoms with Gasteiger partial charge >= 0.3 is 0 Å². The minimum atomic E-state index is -1.16. The number of fused-ring (bicyclic) bond motifs is 4. The topological polar surface area (TPSA) is 95.9 Å². The number of aromatic nitrogens is 4. The molecule has 0 saturated carbocycles. The number of H-pyrrole nitrogens is 1. The summed E-state index contributed by atoms with van der Waals surface area (Å²) in [6.07, 6.45) is 3.57. The van der Waals surface area contributed by atoms with Gasteiger partial charge in [0, 0.05) is 52.8 Å². The fourth-order valence-corrected chi connectivity index (χ4v) is 6.02. The zero-order chi connectivity index (χ0) is 32.7. The van der Waals surface area contributed by atoms with E-state index >= 15 is 13.6 Å². The molecule has 2 amide bonds. The number of hydrogen-bond acceptors (Lipinski definition) is 4. The summed E-state index contributed by atoms with van der Waals surface area (Å²) in [6.45, 7) is 3.64. The average molecular weight is 629 g/mol. The van der Waals surface area contributed by atoms with Gasteiger partial charge in [-0.1, -0.05) is 78.9 Å². The summed E-state index contributed by atoms with van der Waals surface area (Å²) >= 11 is 0. The van der Waals surface area contributed by atoms with Crippen LogP contribution in [0.2, 0.25) is 0 Å². The van der Waals surface area contributed by atoms with Crippen LogP contribution in [0.5, 0.6) is 0 Å². The second-order valence-corrected chi connectivity index (χ2v) is 11.7. The fourth-order valence-electron chi connectivity index (χ4n) is 6.02. The molecular formula is C37H30F2N6O2. The lowest BCUT2D eigenvalue weighted by Crippen LogP contribution is -2.52. The molecule has 0 bridgehead atoms. The van der Waals surface area contributed by atoms with Gasteiger partial charge in [0.15, 0.2) is 23.3 Å². The van der Waals surface area contributed by atoms with Crippen LogP contribution in [-0.2, 0) is 16.0 Å². The summed E-state index contributed by atoms with van der Waals surface area (Å²) in [6, 6.07) is 26.6. The quantitative estimate of drug-likeness (QED) is 0.192. The van der Waals surface area contributed by atoms with Gasteiger partial charge in [-0.3, -0.25) is 19.1 Å². The summed E-state index contributed by atoms with van der Waals surface area (Å²) in [5, 5.41) is 12.7. The van der Waals surface area contributed by atoms with Crippen LogP contribution in [0.25, 0.3) is 39.6 Å². The van der Waals surface area contributed by atoms with E-state index in [9.17, 15) is 4.79 Å². The average Bonchev–Trinajstić information content (AvgIpc) is 3.68. The molecule has 234 valence electrons. The third kappa shape index (κ3) is 5.48. The number of rotatable bonds is 7. The number of benzene rings is 4. The summed E-state index contributed by atoms with van der Waals surface area (Å²) in [4.78, 5) is 33.6. The lowest BCUT2D eigenvalue weighted by Gasteiger charge is -2.32. The number of amides is 2. The second-order valence-electron chi connectivity index (χ2n) is 11.7. The summed E-state index contributed by atoms with van der Waals surface area (Å²) in [5.74, 6) is -2.90. The molecule has 2 N–H and O–H groups in total. The molecule has 6 aromatic rings. The highest BCUT2D eigenvalue weighted by molar-refractivity contribution is 6.32. The number of anilines is 1. The van der Waals surface area contributed by atoms with Gasteiger partial charge in [-0.2, -0.15) is 0 Å². The summed E-state index contributed by atoms with van der Waals surface area (Å²) in [5.41, 5.74) is 3.19. The van der Waals surface area contributed by atoms with Crippen LogP contribution < -0.4 is 10.2 Å². The maximum absolute atomic E-state index is 15.3. The Labute approximate surface area is 269 Å². The van der Waals surface area contributed by atoms with Gasteiger partial charge in [0.2, 0.25) is 5.91 Å². The number of para-hydroxylation sites is 1. The van der Waals surface area contributed by atoms with Crippen LogP contribution in [0.1, 0.15) is 30.8 Å². The molecule has 1 aliphatic rings. The molecule has 1 atom stereocenters. The Hall–Kier alpha value is -5.90. The Bertz CT molecular complexity index is 2150. The van der Waals surface area contributed by atoms with Crippen molar-refractivity contribution in [3.05, 3.63) is 132 Å². The SMILES string of the molecule is CC(C)NC(=O)C(Cc1ccccc1)N1C(=O)C(=Cc2c[nH]c3ccccc23)c2nnc(-c3ccccc3)n2-c2cc(F)c(F)cc21. The number of nitrogens with one attached hydrogen (secondary N) is 2. The standard InChI is InChI=1S/C37H30F2N6O2/c1-22(2)41-36(46)33(17-23-11-5-3-6-12-23)44-31-19-28(38)29(39)20-32(31)45-34(24-13-7-4-8-14-24)42-43-35(45)27(37(44)47)18-25-21-40-30-16-10-9-15-26(25)30/h3-16,18-22,33,40H,17H2,1-2H3,(H,41,46). The first kappa shape index (κ1) is 29.8. The lowest BCUT2D eigenvalue weighted by atomic mass is 10.0. The van der Waals surface area contributed by atoms with Crippen LogP contribution in [0, 0.1) is 11.6 Å². The van der Waals surface area contributed by atoms with Gasteiger partial charge < -0.3 is 10.3 Å². The molecule has 0 radical (unpaired) electrons. The van der Waals surface area contributed by atoms with E-state index in [2.05, 4.69) is 20.5 Å². The minimum absolute atomic E-state index is 0.00861. The third-order valence-corrected chi connectivity index (χ3v) is 8.14. The van der Waals surface area contributed by atoms with Crippen molar-refractivity contribution >= 4 is 40.1 Å². The largest absolute Gasteiger partial charge is 0.361 e. The van der Waals surface area contributed by atoms with Crippen molar-refractivity contribution in [1.29, 1.82) is 0 Å². The van der Waals surface area contributed by atoms with E-state index < -0.39 is 29.5 Å². The van der Waals surface area contributed by atoms with Gasteiger partial charge in [-0.25, -0.2) is 8.78 Å².